The van der Waals surface area contributed by atoms with Crippen molar-refractivity contribution in [3.8, 4) is 0 Å². The van der Waals surface area contributed by atoms with Crippen LogP contribution in [0.2, 0.25) is 0 Å². The number of anilines is 1. The first-order chi connectivity index (χ1) is 8.69. The van der Waals surface area contributed by atoms with Crippen molar-refractivity contribution in [1.29, 1.82) is 0 Å². The molecular weight excluding hydrogens is 312 g/mol. The SMILES string of the molecule is CCCCN(C)c1ncc(Cn2cc(Br)cn2)s1. The van der Waals surface area contributed by atoms with Gasteiger partial charge in [-0.1, -0.05) is 24.7 Å². The average Bonchev–Trinajstić information content (AvgIpc) is 2.96. The lowest BCUT2D eigenvalue weighted by Gasteiger charge is -2.14. The summed E-state index contributed by atoms with van der Waals surface area (Å²) in [6.07, 6.45) is 8.13. The Balaban J connectivity index is 1.97. The third kappa shape index (κ3) is 3.55. The zero-order chi connectivity index (χ0) is 13.0. The standard InChI is InChI=1S/C12H17BrN4S/c1-3-4-5-16(2)12-14-7-11(18-12)9-17-8-10(13)6-15-17/h6-8H,3-5,9H2,1-2H3. The van der Waals surface area contributed by atoms with E-state index in [4.69, 9.17) is 0 Å². The number of rotatable bonds is 6. The van der Waals surface area contributed by atoms with E-state index in [1.54, 1.807) is 17.5 Å². The van der Waals surface area contributed by atoms with Gasteiger partial charge in [0.2, 0.25) is 0 Å². The molecule has 0 aliphatic heterocycles. The van der Waals surface area contributed by atoms with Crippen molar-refractivity contribution in [2.75, 3.05) is 18.5 Å². The minimum Gasteiger partial charge on any atom is -0.351 e. The van der Waals surface area contributed by atoms with Crippen LogP contribution in [0.4, 0.5) is 5.13 Å². The van der Waals surface area contributed by atoms with Gasteiger partial charge in [0.25, 0.3) is 0 Å². The number of nitrogens with zero attached hydrogens (tertiary/aromatic N) is 4. The van der Waals surface area contributed by atoms with Crippen molar-refractivity contribution in [2.24, 2.45) is 0 Å². The average molecular weight is 329 g/mol. The van der Waals surface area contributed by atoms with Gasteiger partial charge in [-0.25, -0.2) is 4.98 Å². The molecule has 0 aliphatic rings. The largest absolute Gasteiger partial charge is 0.351 e. The highest BCUT2D eigenvalue weighted by Crippen LogP contribution is 2.22. The molecule has 0 spiro atoms. The van der Waals surface area contributed by atoms with Crippen LogP contribution in [-0.2, 0) is 6.54 Å². The van der Waals surface area contributed by atoms with Gasteiger partial charge < -0.3 is 4.90 Å². The summed E-state index contributed by atoms with van der Waals surface area (Å²) < 4.78 is 2.92. The molecule has 2 heterocycles. The summed E-state index contributed by atoms with van der Waals surface area (Å²) in [6.45, 7) is 4.05. The van der Waals surface area contributed by atoms with Gasteiger partial charge in [0, 0.05) is 30.9 Å². The molecule has 0 unspecified atom stereocenters. The zero-order valence-electron chi connectivity index (χ0n) is 10.6. The predicted octanol–water partition coefficient (Wildman–Crippen LogP) is 3.39. The highest BCUT2D eigenvalue weighted by molar-refractivity contribution is 9.10. The van der Waals surface area contributed by atoms with Crippen molar-refractivity contribution in [1.82, 2.24) is 14.8 Å². The van der Waals surface area contributed by atoms with Crippen molar-refractivity contribution in [3.05, 3.63) is 27.9 Å². The Morgan fingerprint density at radius 1 is 1.44 bits per heavy atom. The van der Waals surface area contributed by atoms with Crippen LogP contribution in [0, 0.1) is 0 Å². The maximum atomic E-state index is 4.46. The first kappa shape index (κ1) is 13.5. The van der Waals surface area contributed by atoms with E-state index in [1.807, 2.05) is 17.1 Å². The third-order valence-corrected chi connectivity index (χ3v) is 4.14. The van der Waals surface area contributed by atoms with Gasteiger partial charge in [-0.2, -0.15) is 5.10 Å². The van der Waals surface area contributed by atoms with Crippen molar-refractivity contribution in [2.45, 2.75) is 26.3 Å². The molecule has 0 N–H and O–H groups in total. The molecule has 2 aromatic heterocycles. The number of unbranched alkanes of at least 4 members (excludes halogenated alkanes) is 1. The maximum Gasteiger partial charge on any atom is 0.185 e. The molecule has 0 amide bonds. The number of halogens is 1. The molecule has 0 saturated carbocycles. The number of thiazole rings is 1. The van der Waals surface area contributed by atoms with Crippen LogP contribution < -0.4 is 4.90 Å². The molecule has 0 saturated heterocycles. The number of aromatic nitrogens is 3. The number of hydrogen-bond acceptors (Lipinski definition) is 4. The lowest BCUT2D eigenvalue weighted by atomic mass is 10.3. The second-order valence-corrected chi connectivity index (χ2v) is 6.25. The van der Waals surface area contributed by atoms with Gasteiger partial charge >= 0.3 is 0 Å². The Hall–Kier alpha value is -0.880. The van der Waals surface area contributed by atoms with E-state index >= 15 is 0 Å². The molecule has 0 aromatic carbocycles. The van der Waals surface area contributed by atoms with Crippen molar-refractivity contribution in [3.63, 3.8) is 0 Å². The fourth-order valence-corrected chi connectivity index (χ4v) is 2.84. The second-order valence-electron chi connectivity index (χ2n) is 4.24. The van der Waals surface area contributed by atoms with E-state index in [0.717, 1.165) is 22.7 Å². The van der Waals surface area contributed by atoms with Crippen molar-refractivity contribution < 1.29 is 0 Å². The molecule has 6 heteroatoms. The van der Waals surface area contributed by atoms with E-state index in [-0.39, 0.29) is 0 Å². The summed E-state index contributed by atoms with van der Waals surface area (Å²) in [7, 11) is 2.10. The summed E-state index contributed by atoms with van der Waals surface area (Å²) in [6, 6.07) is 0. The Bertz CT molecular complexity index is 494. The minimum atomic E-state index is 0.783. The molecule has 0 fully saturated rings. The van der Waals surface area contributed by atoms with Gasteiger partial charge in [-0.3, -0.25) is 4.68 Å². The van der Waals surface area contributed by atoms with Gasteiger partial charge in [0.15, 0.2) is 5.13 Å². The van der Waals surface area contributed by atoms with Crippen LogP contribution in [0.1, 0.15) is 24.6 Å². The van der Waals surface area contributed by atoms with Gasteiger partial charge in [0.1, 0.15) is 0 Å². The number of hydrogen-bond donors (Lipinski definition) is 0. The molecule has 0 radical (unpaired) electrons. The normalized spacial score (nSPS) is 10.8. The first-order valence-corrected chi connectivity index (χ1v) is 7.63. The van der Waals surface area contributed by atoms with Crippen LogP contribution >= 0.6 is 27.3 Å². The Labute approximate surface area is 120 Å². The fourth-order valence-electron chi connectivity index (χ4n) is 1.62. The minimum absolute atomic E-state index is 0.783. The molecule has 18 heavy (non-hydrogen) atoms. The Kier molecular flexibility index (Phi) is 4.77. The lowest BCUT2D eigenvalue weighted by Crippen LogP contribution is -2.17. The summed E-state index contributed by atoms with van der Waals surface area (Å²) in [5.74, 6) is 0. The first-order valence-electron chi connectivity index (χ1n) is 6.03. The van der Waals surface area contributed by atoms with Crippen LogP contribution in [-0.4, -0.2) is 28.4 Å². The van der Waals surface area contributed by atoms with E-state index in [0.29, 0.717) is 0 Å². The zero-order valence-corrected chi connectivity index (χ0v) is 13.0. The molecule has 2 rings (SSSR count). The second kappa shape index (κ2) is 6.33. The monoisotopic (exact) mass is 328 g/mol. The molecule has 0 bridgehead atoms. The highest BCUT2D eigenvalue weighted by atomic mass is 79.9. The Morgan fingerprint density at radius 3 is 2.94 bits per heavy atom. The smallest absolute Gasteiger partial charge is 0.185 e. The summed E-state index contributed by atoms with van der Waals surface area (Å²) in [5, 5.41) is 5.34. The van der Waals surface area contributed by atoms with Crippen LogP contribution in [0.5, 0.6) is 0 Å². The fraction of sp³-hybridized carbons (Fsp3) is 0.500. The molecule has 0 aliphatic carbocycles. The Morgan fingerprint density at radius 2 is 2.28 bits per heavy atom. The van der Waals surface area contributed by atoms with E-state index in [2.05, 4.69) is 44.9 Å². The quantitative estimate of drug-likeness (QED) is 0.815. The molecule has 4 nitrogen and oxygen atoms in total. The van der Waals surface area contributed by atoms with E-state index in [9.17, 15) is 0 Å². The molecule has 2 aromatic rings. The summed E-state index contributed by atoms with van der Waals surface area (Å²) in [5.41, 5.74) is 0. The molecule has 0 atom stereocenters. The maximum absolute atomic E-state index is 4.46. The third-order valence-electron chi connectivity index (χ3n) is 2.63. The van der Waals surface area contributed by atoms with Crippen LogP contribution in [0.15, 0.2) is 23.1 Å². The van der Waals surface area contributed by atoms with Crippen molar-refractivity contribution >= 4 is 32.4 Å². The molecular formula is C12H17BrN4S. The predicted molar refractivity (Wildman–Crippen MR) is 79.3 cm³/mol. The summed E-state index contributed by atoms with van der Waals surface area (Å²) >= 11 is 5.13. The van der Waals surface area contributed by atoms with Gasteiger partial charge in [-0.05, 0) is 22.4 Å². The highest BCUT2D eigenvalue weighted by Gasteiger charge is 2.07. The molecule has 98 valence electrons. The van der Waals surface area contributed by atoms with E-state index < -0.39 is 0 Å². The topological polar surface area (TPSA) is 34.0 Å². The van der Waals surface area contributed by atoms with Gasteiger partial charge in [-0.15, -0.1) is 0 Å². The van der Waals surface area contributed by atoms with Crippen LogP contribution in [0.25, 0.3) is 0 Å². The van der Waals surface area contributed by atoms with Crippen LogP contribution in [0.3, 0.4) is 0 Å². The van der Waals surface area contributed by atoms with E-state index in [1.165, 1.54) is 17.7 Å². The summed E-state index contributed by atoms with van der Waals surface area (Å²) in [4.78, 5) is 7.91. The lowest BCUT2D eigenvalue weighted by molar-refractivity contribution is 0.693. The van der Waals surface area contributed by atoms with Gasteiger partial charge in [0.05, 0.1) is 17.2 Å².